The van der Waals surface area contributed by atoms with E-state index in [1.165, 1.54) is 80.1 Å². The highest BCUT2D eigenvalue weighted by Crippen LogP contribution is 2.42. The molecule has 0 aliphatic heterocycles. The smallest absolute Gasteiger partial charge is 0.417 e. The molecular formula is C38H28F5N3O4. The molecule has 2 N–H and O–H groups in total. The Morgan fingerprint density at radius 3 is 2.16 bits per heavy atom. The molecule has 2 heterocycles. The van der Waals surface area contributed by atoms with Crippen LogP contribution < -0.4 is 10.9 Å². The SMILES string of the molecule is Cc1cncc(C)c1-c1ccc(F)c(C(=O)N[C@@H](Cc2cccc3c(-c4c(C(F)(F)F)c5ccccc5n(C)c4=O)cccc23)C(=O)O)c1F. The maximum Gasteiger partial charge on any atom is 0.417 e. The molecule has 6 aromatic rings. The summed E-state index contributed by atoms with van der Waals surface area (Å²) >= 11 is 0. The molecule has 12 heteroatoms. The molecule has 2 aromatic heterocycles. The number of aromatic nitrogens is 2. The van der Waals surface area contributed by atoms with E-state index in [0.29, 0.717) is 27.6 Å². The number of amides is 1. The highest BCUT2D eigenvalue weighted by molar-refractivity contribution is 6.02. The number of carboxylic acid groups (broad SMARTS) is 1. The number of aliphatic carboxylic acids is 1. The van der Waals surface area contributed by atoms with Crippen molar-refractivity contribution >= 4 is 33.6 Å². The first-order valence-corrected chi connectivity index (χ1v) is 15.3. The molecular weight excluding hydrogens is 657 g/mol. The average molecular weight is 686 g/mol. The monoisotopic (exact) mass is 685 g/mol. The van der Waals surface area contributed by atoms with Gasteiger partial charge in [0.2, 0.25) is 0 Å². The summed E-state index contributed by atoms with van der Waals surface area (Å²) in [6.45, 7) is 3.35. The molecule has 0 aliphatic carbocycles. The second-order valence-corrected chi connectivity index (χ2v) is 11.9. The summed E-state index contributed by atoms with van der Waals surface area (Å²) in [5.41, 5.74) is -1.69. The Hall–Kier alpha value is -5.91. The first-order valence-electron chi connectivity index (χ1n) is 15.3. The van der Waals surface area contributed by atoms with Crippen molar-refractivity contribution in [3.8, 4) is 22.3 Å². The quantitative estimate of drug-likeness (QED) is 0.167. The molecule has 0 spiro atoms. The fourth-order valence-corrected chi connectivity index (χ4v) is 6.54. The molecule has 7 nitrogen and oxygen atoms in total. The number of halogens is 5. The number of carbonyl (C=O) groups excluding carboxylic acids is 1. The fourth-order valence-electron chi connectivity index (χ4n) is 6.54. The molecule has 254 valence electrons. The van der Waals surface area contributed by atoms with E-state index in [1.54, 1.807) is 19.9 Å². The summed E-state index contributed by atoms with van der Waals surface area (Å²) in [7, 11) is 1.38. The normalized spacial score (nSPS) is 12.3. The van der Waals surface area contributed by atoms with Crippen molar-refractivity contribution in [1.29, 1.82) is 0 Å². The maximum atomic E-state index is 15.8. The van der Waals surface area contributed by atoms with Crippen LogP contribution in [0.15, 0.2) is 90.0 Å². The van der Waals surface area contributed by atoms with Crippen molar-refractivity contribution in [3.05, 3.63) is 135 Å². The highest BCUT2D eigenvalue weighted by atomic mass is 19.4. The number of carboxylic acids is 1. The molecule has 50 heavy (non-hydrogen) atoms. The van der Waals surface area contributed by atoms with Crippen LogP contribution in [-0.4, -0.2) is 32.6 Å². The minimum atomic E-state index is -4.91. The number of rotatable bonds is 7. The maximum absolute atomic E-state index is 15.8. The van der Waals surface area contributed by atoms with Crippen LogP contribution in [0.3, 0.4) is 0 Å². The molecule has 4 aromatic carbocycles. The number of alkyl halides is 3. The lowest BCUT2D eigenvalue weighted by Crippen LogP contribution is -2.43. The van der Waals surface area contributed by atoms with Gasteiger partial charge in [0, 0.05) is 36.8 Å². The predicted octanol–water partition coefficient (Wildman–Crippen LogP) is 7.76. The molecule has 1 atom stereocenters. The Labute approximate surface area is 281 Å². The molecule has 0 radical (unpaired) electrons. The first kappa shape index (κ1) is 34.0. The van der Waals surface area contributed by atoms with Crippen LogP contribution in [0.2, 0.25) is 0 Å². The van der Waals surface area contributed by atoms with Crippen molar-refractivity contribution in [3.63, 3.8) is 0 Å². The summed E-state index contributed by atoms with van der Waals surface area (Å²) in [5.74, 6) is -5.22. The second kappa shape index (κ2) is 12.8. The summed E-state index contributed by atoms with van der Waals surface area (Å²) in [5, 5.41) is 12.7. The topological polar surface area (TPSA) is 101 Å². The third-order valence-corrected chi connectivity index (χ3v) is 8.81. The summed E-state index contributed by atoms with van der Waals surface area (Å²) in [6, 6.07) is 15.0. The van der Waals surface area contributed by atoms with Crippen molar-refractivity contribution in [2.75, 3.05) is 0 Å². The summed E-state index contributed by atoms with van der Waals surface area (Å²) in [6.07, 6.45) is -2.34. The van der Waals surface area contributed by atoms with E-state index in [0.717, 1.165) is 10.6 Å². The number of hydrogen-bond acceptors (Lipinski definition) is 4. The Morgan fingerprint density at radius 2 is 1.48 bits per heavy atom. The number of nitrogens with one attached hydrogen (secondary N) is 1. The van der Waals surface area contributed by atoms with E-state index < -0.39 is 64.4 Å². The summed E-state index contributed by atoms with van der Waals surface area (Å²) < 4.78 is 76.0. The molecule has 6 rings (SSSR count). The number of hydrogen-bond donors (Lipinski definition) is 2. The second-order valence-electron chi connectivity index (χ2n) is 11.9. The Morgan fingerprint density at radius 1 is 0.840 bits per heavy atom. The lowest BCUT2D eigenvalue weighted by molar-refractivity contribution is -0.139. The molecule has 0 saturated heterocycles. The molecule has 0 aliphatic rings. The van der Waals surface area contributed by atoms with Crippen molar-refractivity contribution < 1.29 is 36.6 Å². The van der Waals surface area contributed by atoms with Gasteiger partial charge in [-0.1, -0.05) is 54.6 Å². The van der Waals surface area contributed by atoms with Gasteiger partial charge in [-0.3, -0.25) is 14.6 Å². The Kier molecular flexibility index (Phi) is 8.73. The Bertz CT molecular complexity index is 2400. The molecule has 1 amide bonds. The third kappa shape index (κ3) is 5.86. The van der Waals surface area contributed by atoms with Gasteiger partial charge in [-0.15, -0.1) is 0 Å². The van der Waals surface area contributed by atoms with Gasteiger partial charge in [-0.25, -0.2) is 13.6 Å². The predicted molar refractivity (Wildman–Crippen MR) is 179 cm³/mol. The zero-order valence-electron chi connectivity index (χ0n) is 26.8. The Balaban J connectivity index is 1.42. The van der Waals surface area contributed by atoms with Crippen LogP contribution in [0.25, 0.3) is 43.9 Å². The lowest BCUT2D eigenvalue weighted by Gasteiger charge is -2.20. The van der Waals surface area contributed by atoms with E-state index in [-0.39, 0.29) is 27.4 Å². The molecule has 0 saturated carbocycles. The van der Waals surface area contributed by atoms with Crippen LogP contribution in [0, 0.1) is 25.5 Å². The van der Waals surface area contributed by atoms with Gasteiger partial charge in [0.15, 0.2) is 0 Å². The minimum Gasteiger partial charge on any atom is -0.480 e. The van der Waals surface area contributed by atoms with Gasteiger partial charge in [0.25, 0.3) is 11.5 Å². The van der Waals surface area contributed by atoms with E-state index in [1.807, 2.05) is 0 Å². The number of benzene rings is 4. The zero-order valence-corrected chi connectivity index (χ0v) is 26.8. The van der Waals surface area contributed by atoms with Crippen LogP contribution in [0.1, 0.15) is 32.6 Å². The number of fused-ring (bicyclic) bond motifs is 2. The van der Waals surface area contributed by atoms with Crippen LogP contribution >= 0.6 is 0 Å². The fraction of sp³-hybridized carbons (Fsp3) is 0.158. The number of para-hydroxylation sites is 1. The number of nitrogens with zero attached hydrogens (tertiary/aromatic N) is 2. The van der Waals surface area contributed by atoms with E-state index >= 15 is 4.39 Å². The van der Waals surface area contributed by atoms with Gasteiger partial charge in [0.05, 0.1) is 16.6 Å². The van der Waals surface area contributed by atoms with Gasteiger partial charge >= 0.3 is 12.1 Å². The third-order valence-electron chi connectivity index (χ3n) is 8.81. The van der Waals surface area contributed by atoms with Gasteiger partial charge in [-0.2, -0.15) is 13.2 Å². The van der Waals surface area contributed by atoms with Crippen molar-refractivity contribution in [2.24, 2.45) is 7.05 Å². The standard InChI is InChI=1S/C38H28F5N3O4/c1-19-17-44-18-20(2)30(19)26-14-15-27(39)32(34(26)40)35(47)45-28(37(49)50)16-21-8-6-11-23-22(21)10-7-12-24(23)31-33(38(41,42)43)25-9-4-5-13-29(25)46(3)36(31)48/h4-15,17-18,28H,16H2,1-3H3,(H,45,47)(H,49,50)/t28-/m0/s1. The highest BCUT2D eigenvalue weighted by Gasteiger charge is 2.38. The average Bonchev–Trinajstić information content (AvgIpc) is 3.06. The van der Waals surface area contributed by atoms with Crippen LogP contribution in [0.4, 0.5) is 22.0 Å². The molecule has 0 unspecified atom stereocenters. The summed E-state index contributed by atoms with van der Waals surface area (Å²) in [4.78, 5) is 43.4. The van der Waals surface area contributed by atoms with E-state index in [9.17, 15) is 37.1 Å². The van der Waals surface area contributed by atoms with Crippen LogP contribution in [-0.2, 0) is 24.4 Å². The zero-order chi connectivity index (χ0) is 36.1. The number of carbonyl (C=O) groups is 2. The molecule has 0 bridgehead atoms. The van der Waals surface area contributed by atoms with Gasteiger partial charge < -0.3 is 15.0 Å². The van der Waals surface area contributed by atoms with Crippen LogP contribution in [0.5, 0.6) is 0 Å². The van der Waals surface area contributed by atoms with Gasteiger partial charge in [0.1, 0.15) is 23.2 Å². The largest absolute Gasteiger partial charge is 0.480 e. The first-order chi connectivity index (χ1) is 23.7. The number of aryl methyl sites for hydroxylation is 3. The number of pyridine rings is 2. The minimum absolute atomic E-state index is 0.0263. The lowest BCUT2D eigenvalue weighted by atomic mass is 9.90. The van der Waals surface area contributed by atoms with Crippen molar-refractivity contribution in [1.82, 2.24) is 14.9 Å². The van der Waals surface area contributed by atoms with E-state index in [2.05, 4.69) is 10.3 Å². The molecule has 0 fully saturated rings. The van der Waals surface area contributed by atoms with Crippen molar-refractivity contribution in [2.45, 2.75) is 32.5 Å². The van der Waals surface area contributed by atoms with E-state index in [4.69, 9.17) is 0 Å². The van der Waals surface area contributed by atoms with Gasteiger partial charge in [-0.05, 0) is 70.6 Å².